The molecular weight excluding hydrogens is 240 g/mol. The number of aromatic nitrogens is 4. The average molecular weight is 253 g/mol. The van der Waals surface area contributed by atoms with Crippen molar-refractivity contribution >= 4 is 11.6 Å². The number of benzene rings is 1. The SMILES string of the molecule is Cn1nnc(CC(C)(O)c2ccccc2Cl)n1. The molecule has 0 aliphatic carbocycles. The summed E-state index contributed by atoms with van der Waals surface area (Å²) >= 11 is 6.06. The molecule has 1 N–H and O–H groups in total. The van der Waals surface area contributed by atoms with E-state index in [1.807, 2.05) is 12.1 Å². The molecule has 1 aromatic carbocycles. The Kier molecular flexibility index (Phi) is 3.13. The molecule has 2 aromatic rings. The van der Waals surface area contributed by atoms with E-state index in [2.05, 4.69) is 15.4 Å². The fraction of sp³-hybridized carbons (Fsp3) is 0.364. The molecule has 0 amide bonds. The third-order valence-electron chi connectivity index (χ3n) is 2.51. The van der Waals surface area contributed by atoms with Crippen LogP contribution in [-0.2, 0) is 19.1 Å². The highest BCUT2D eigenvalue weighted by Gasteiger charge is 2.27. The van der Waals surface area contributed by atoms with Gasteiger partial charge in [0.2, 0.25) is 0 Å². The standard InChI is InChI=1S/C11H13ClN4O/c1-11(17,7-10-13-15-16(2)14-10)8-5-3-4-6-9(8)12/h3-6,17H,7H2,1-2H3. The zero-order chi connectivity index (χ0) is 12.5. The first-order valence-electron chi connectivity index (χ1n) is 5.19. The van der Waals surface area contributed by atoms with Gasteiger partial charge in [0, 0.05) is 17.0 Å². The fourth-order valence-corrected chi connectivity index (χ4v) is 2.03. The summed E-state index contributed by atoms with van der Waals surface area (Å²) in [7, 11) is 1.68. The normalized spacial score (nSPS) is 14.6. The lowest BCUT2D eigenvalue weighted by Gasteiger charge is -2.23. The molecule has 0 aliphatic rings. The van der Waals surface area contributed by atoms with E-state index in [0.29, 0.717) is 16.4 Å². The van der Waals surface area contributed by atoms with Crippen molar-refractivity contribution in [3.63, 3.8) is 0 Å². The third kappa shape index (κ3) is 2.62. The largest absolute Gasteiger partial charge is 0.385 e. The van der Waals surface area contributed by atoms with Gasteiger partial charge in [-0.1, -0.05) is 29.8 Å². The smallest absolute Gasteiger partial charge is 0.178 e. The number of aryl methyl sites for hydroxylation is 1. The van der Waals surface area contributed by atoms with Crippen LogP contribution in [0.2, 0.25) is 5.02 Å². The first kappa shape index (κ1) is 12.0. The maximum absolute atomic E-state index is 10.4. The topological polar surface area (TPSA) is 63.8 Å². The number of halogens is 1. The minimum atomic E-state index is -1.11. The van der Waals surface area contributed by atoms with Crippen LogP contribution in [0.3, 0.4) is 0 Å². The van der Waals surface area contributed by atoms with Crippen LogP contribution in [0.25, 0.3) is 0 Å². The van der Waals surface area contributed by atoms with Crippen molar-refractivity contribution in [2.45, 2.75) is 18.9 Å². The monoisotopic (exact) mass is 252 g/mol. The average Bonchev–Trinajstić information content (AvgIpc) is 2.63. The highest BCUT2D eigenvalue weighted by atomic mass is 35.5. The highest BCUT2D eigenvalue weighted by Crippen LogP contribution is 2.29. The Balaban J connectivity index is 2.27. The van der Waals surface area contributed by atoms with E-state index in [0.717, 1.165) is 0 Å². The summed E-state index contributed by atoms with van der Waals surface area (Å²) in [5.74, 6) is 0.484. The lowest BCUT2D eigenvalue weighted by atomic mass is 9.92. The van der Waals surface area contributed by atoms with Crippen LogP contribution in [-0.4, -0.2) is 25.3 Å². The number of hydrogen-bond acceptors (Lipinski definition) is 4. The Bertz CT molecular complexity index is 524. The number of aliphatic hydroxyl groups is 1. The van der Waals surface area contributed by atoms with E-state index in [9.17, 15) is 5.11 Å². The quantitative estimate of drug-likeness (QED) is 0.895. The van der Waals surface area contributed by atoms with E-state index >= 15 is 0 Å². The summed E-state index contributed by atoms with van der Waals surface area (Å²) in [5.41, 5.74) is -0.449. The van der Waals surface area contributed by atoms with Gasteiger partial charge in [-0.3, -0.25) is 0 Å². The van der Waals surface area contributed by atoms with Gasteiger partial charge >= 0.3 is 0 Å². The maximum atomic E-state index is 10.4. The Morgan fingerprint density at radius 2 is 2.12 bits per heavy atom. The molecule has 1 heterocycles. The molecule has 0 spiro atoms. The van der Waals surface area contributed by atoms with Crippen molar-refractivity contribution in [3.8, 4) is 0 Å². The summed E-state index contributed by atoms with van der Waals surface area (Å²) in [5, 5.41) is 22.6. The van der Waals surface area contributed by atoms with Gasteiger partial charge in [0.1, 0.15) is 0 Å². The molecule has 0 bridgehead atoms. The molecule has 6 heteroatoms. The molecule has 0 saturated heterocycles. The molecule has 5 nitrogen and oxygen atoms in total. The van der Waals surface area contributed by atoms with E-state index in [4.69, 9.17) is 11.6 Å². The van der Waals surface area contributed by atoms with Crippen molar-refractivity contribution in [1.82, 2.24) is 20.2 Å². The molecule has 17 heavy (non-hydrogen) atoms. The predicted octanol–water partition coefficient (Wildman–Crippen LogP) is 1.31. The molecule has 1 aromatic heterocycles. The zero-order valence-corrected chi connectivity index (χ0v) is 10.4. The van der Waals surface area contributed by atoms with Crippen LogP contribution in [0.1, 0.15) is 18.3 Å². The zero-order valence-electron chi connectivity index (χ0n) is 9.63. The molecule has 90 valence electrons. The van der Waals surface area contributed by atoms with Crippen molar-refractivity contribution < 1.29 is 5.11 Å². The first-order valence-corrected chi connectivity index (χ1v) is 5.57. The predicted molar refractivity (Wildman–Crippen MR) is 63.5 cm³/mol. The van der Waals surface area contributed by atoms with Gasteiger partial charge in [-0.05, 0) is 18.2 Å². The third-order valence-corrected chi connectivity index (χ3v) is 2.84. The maximum Gasteiger partial charge on any atom is 0.178 e. The van der Waals surface area contributed by atoms with Crippen molar-refractivity contribution in [1.29, 1.82) is 0 Å². The van der Waals surface area contributed by atoms with Crippen LogP contribution >= 0.6 is 11.6 Å². The lowest BCUT2D eigenvalue weighted by molar-refractivity contribution is 0.0555. The van der Waals surface area contributed by atoms with Gasteiger partial charge in [-0.2, -0.15) is 4.80 Å². The lowest BCUT2D eigenvalue weighted by Crippen LogP contribution is -2.25. The number of nitrogens with zero attached hydrogens (tertiary/aromatic N) is 4. The van der Waals surface area contributed by atoms with Crippen LogP contribution in [0.15, 0.2) is 24.3 Å². The molecular formula is C11H13ClN4O. The van der Waals surface area contributed by atoms with Crippen LogP contribution in [0, 0.1) is 0 Å². The number of rotatable bonds is 3. The second-order valence-electron chi connectivity index (χ2n) is 4.13. The number of hydrogen-bond donors (Lipinski definition) is 1. The molecule has 1 unspecified atom stereocenters. The summed E-state index contributed by atoms with van der Waals surface area (Å²) < 4.78 is 0. The molecule has 0 aliphatic heterocycles. The Morgan fingerprint density at radius 1 is 1.41 bits per heavy atom. The highest BCUT2D eigenvalue weighted by molar-refractivity contribution is 6.31. The van der Waals surface area contributed by atoms with Crippen LogP contribution in [0.5, 0.6) is 0 Å². The van der Waals surface area contributed by atoms with Gasteiger partial charge in [0.25, 0.3) is 0 Å². The molecule has 2 rings (SSSR count). The van der Waals surface area contributed by atoms with Gasteiger partial charge in [0.15, 0.2) is 5.82 Å². The Hall–Kier alpha value is -1.46. The molecule has 0 fully saturated rings. The Labute approximate surface area is 104 Å². The van der Waals surface area contributed by atoms with Crippen molar-refractivity contribution in [3.05, 3.63) is 40.7 Å². The minimum Gasteiger partial charge on any atom is -0.385 e. The second kappa shape index (κ2) is 4.43. The summed E-state index contributed by atoms with van der Waals surface area (Å²) in [6.45, 7) is 1.69. The van der Waals surface area contributed by atoms with Crippen LogP contribution < -0.4 is 0 Å². The summed E-state index contributed by atoms with van der Waals surface area (Å²) in [4.78, 5) is 1.36. The number of tetrazole rings is 1. The van der Waals surface area contributed by atoms with Crippen molar-refractivity contribution in [2.24, 2.45) is 7.05 Å². The van der Waals surface area contributed by atoms with Gasteiger partial charge in [-0.25, -0.2) is 0 Å². The first-order chi connectivity index (χ1) is 7.99. The molecule has 0 radical (unpaired) electrons. The minimum absolute atomic E-state index is 0.268. The van der Waals surface area contributed by atoms with Crippen LogP contribution in [0.4, 0.5) is 0 Å². The molecule has 0 saturated carbocycles. The second-order valence-corrected chi connectivity index (χ2v) is 4.53. The van der Waals surface area contributed by atoms with Gasteiger partial charge < -0.3 is 5.11 Å². The van der Waals surface area contributed by atoms with Gasteiger partial charge in [-0.15, -0.1) is 10.2 Å². The van der Waals surface area contributed by atoms with E-state index in [1.54, 1.807) is 26.1 Å². The van der Waals surface area contributed by atoms with Gasteiger partial charge in [0.05, 0.1) is 12.6 Å². The van der Waals surface area contributed by atoms with E-state index < -0.39 is 5.60 Å². The Morgan fingerprint density at radius 3 is 2.71 bits per heavy atom. The molecule has 1 atom stereocenters. The summed E-state index contributed by atoms with van der Waals surface area (Å²) in [6, 6.07) is 7.19. The van der Waals surface area contributed by atoms with E-state index in [1.165, 1.54) is 4.80 Å². The van der Waals surface area contributed by atoms with Crippen molar-refractivity contribution in [2.75, 3.05) is 0 Å². The van der Waals surface area contributed by atoms with E-state index in [-0.39, 0.29) is 6.42 Å². The summed E-state index contributed by atoms with van der Waals surface area (Å²) in [6.07, 6.45) is 0.268. The fourth-order valence-electron chi connectivity index (χ4n) is 1.70.